The van der Waals surface area contributed by atoms with Crippen molar-refractivity contribution in [2.24, 2.45) is 11.8 Å². The molecule has 20 heteroatoms. The molecule has 452 valence electrons. The molecule has 0 spiro atoms. The summed E-state index contributed by atoms with van der Waals surface area (Å²) < 4.78 is 66.8. The van der Waals surface area contributed by atoms with Crippen LogP contribution < -0.4 is 0 Å². The fraction of sp³-hybridized carbons (Fsp3) is 0.677. The predicted octanol–water partition coefficient (Wildman–Crippen LogP) is 7.15. The molecule has 3 aliphatic heterocycles. The topological polar surface area (TPSA) is 205 Å². The van der Waals surface area contributed by atoms with Crippen LogP contribution in [-0.2, 0) is 79.6 Å². The van der Waals surface area contributed by atoms with Gasteiger partial charge in [-0.3, -0.25) is 19.2 Å². The number of cyclic esters (lactones) is 4. The molecule has 5 fully saturated rings. The monoisotopic (exact) mass is 1150 g/mol. The molecule has 3 heterocycles. The standard InChI is InChI=1S/C62H86F2N4O14/c1-37-53(69)67(9)49(35-61(3,4)63)59(75)81-52(34-42-17-21-44(22-18-42)46-25-29-78-30-26-46)56(72)66(8)48(32-40-13-14-40)58(74)80-38(2)54(70)68(10)50(36-62(5,6)64)60(76)82-51(55(71)65(7)47(57(73)79-37)31-39-11-12-39)33-41-15-19-43(20-16-41)45-23-27-77-28-24-45/h15-22,37-40,45-52H,11-14,23-36H2,1-10H3/t37-,38-,47+,48?,49+,50+,51-,52-/m1/s1. The molecule has 0 N–H and O–H groups in total. The zero-order chi connectivity index (χ0) is 59.8. The smallest absolute Gasteiger partial charge is 0.329 e. The van der Waals surface area contributed by atoms with Crippen molar-refractivity contribution >= 4 is 47.5 Å². The second-order valence-electron chi connectivity index (χ2n) is 24.7. The van der Waals surface area contributed by atoms with Crippen LogP contribution in [0.5, 0.6) is 0 Å². The van der Waals surface area contributed by atoms with Crippen molar-refractivity contribution in [3.8, 4) is 0 Å². The zero-order valence-electron chi connectivity index (χ0n) is 49.5. The van der Waals surface area contributed by atoms with Crippen LogP contribution in [0.25, 0.3) is 0 Å². The number of likely N-dealkylation sites (N-methyl/N-ethyl adjacent to an activating group) is 4. The molecular weight excluding hydrogens is 1060 g/mol. The van der Waals surface area contributed by atoms with Gasteiger partial charge in [0.2, 0.25) is 0 Å². The first-order chi connectivity index (χ1) is 38.7. The molecule has 18 nitrogen and oxygen atoms in total. The molecule has 5 aliphatic rings. The average molecular weight is 1150 g/mol. The summed E-state index contributed by atoms with van der Waals surface area (Å²) in [5.41, 5.74) is -0.900. The highest BCUT2D eigenvalue weighted by Crippen LogP contribution is 2.37. The van der Waals surface area contributed by atoms with Crippen LogP contribution in [0.1, 0.15) is 153 Å². The lowest BCUT2D eigenvalue weighted by Gasteiger charge is -2.35. The summed E-state index contributed by atoms with van der Waals surface area (Å²) in [6, 6.07) is 8.97. The number of ether oxygens (including phenoxy) is 6. The van der Waals surface area contributed by atoms with Crippen molar-refractivity contribution < 1.29 is 75.6 Å². The zero-order valence-corrected chi connectivity index (χ0v) is 49.5. The Kier molecular flexibility index (Phi) is 21.4. The number of hydrogen-bond acceptors (Lipinski definition) is 14. The van der Waals surface area contributed by atoms with Gasteiger partial charge in [-0.15, -0.1) is 0 Å². The van der Waals surface area contributed by atoms with Gasteiger partial charge in [-0.05, 0) is 126 Å². The van der Waals surface area contributed by atoms with E-state index in [-0.39, 0.29) is 49.4 Å². The minimum atomic E-state index is -2.09. The molecule has 2 aromatic rings. The van der Waals surface area contributed by atoms with Crippen molar-refractivity contribution in [3.05, 3.63) is 70.8 Å². The SMILES string of the molecule is C[C@H]1OC(=O)C(CC2CC2)N(C)C(=O)[C@@H](Cc2ccc(C3CCOCC3)cc2)OC(=O)[C@H](CC(C)(C)F)N(C)C(=O)[C@@H](C)OC(=O)[C@H](CC2CC2)N(C)C(=O)[C@@H](Cc2ccc(C3CCOCC3)cc2)OC(=O)[C@H](CC(C)(C)F)N(C)C1=O. The minimum absolute atomic E-state index is 0.00600. The summed E-state index contributed by atoms with van der Waals surface area (Å²) in [6.07, 6.45) is -1.65. The van der Waals surface area contributed by atoms with Gasteiger partial charge in [-0.2, -0.15) is 0 Å². The van der Waals surface area contributed by atoms with Gasteiger partial charge in [0.1, 0.15) is 35.5 Å². The van der Waals surface area contributed by atoms with Crippen molar-refractivity contribution in [1.29, 1.82) is 0 Å². The van der Waals surface area contributed by atoms with Crippen molar-refractivity contribution in [3.63, 3.8) is 0 Å². The molecule has 1 unspecified atom stereocenters. The first-order valence-electron chi connectivity index (χ1n) is 29.3. The second-order valence-corrected chi connectivity index (χ2v) is 24.7. The molecule has 2 aliphatic carbocycles. The van der Waals surface area contributed by atoms with E-state index in [1.807, 2.05) is 48.5 Å². The number of rotatable bonds is 14. The molecular formula is C62H86F2N4O14. The number of carbonyl (C=O) groups excluding carboxylic acids is 8. The van der Waals surface area contributed by atoms with E-state index in [0.717, 1.165) is 82.1 Å². The van der Waals surface area contributed by atoms with E-state index in [9.17, 15) is 28.8 Å². The lowest BCUT2D eigenvalue weighted by molar-refractivity contribution is -0.176. The Hall–Kier alpha value is -6.02. The molecule has 2 aromatic carbocycles. The van der Waals surface area contributed by atoms with E-state index in [1.54, 1.807) is 0 Å². The van der Waals surface area contributed by atoms with Gasteiger partial charge in [0.05, 0.1) is 0 Å². The predicted molar refractivity (Wildman–Crippen MR) is 297 cm³/mol. The Labute approximate surface area is 481 Å². The van der Waals surface area contributed by atoms with E-state index in [0.29, 0.717) is 37.6 Å². The third-order valence-corrected chi connectivity index (χ3v) is 16.7. The maximum atomic E-state index is 15.9. The van der Waals surface area contributed by atoms with Gasteiger partial charge in [0.25, 0.3) is 23.6 Å². The molecule has 4 amide bonds. The fourth-order valence-corrected chi connectivity index (χ4v) is 11.2. The Balaban J connectivity index is 1.26. The average Bonchev–Trinajstić information content (AvgIpc) is 4.54. The summed E-state index contributed by atoms with van der Waals surface area (Å²) in [4.78, 5) is 121. The van der Waals surface area contributed by atoms with Crippen LogP contribution in [0.2, 0.25) is 0 Å². The Morgan fingerprint density at radius 1 is 0.427 bits per heavy atom. The van der Waals surface area contributed by atoms with Gasteiger partial charge in [-0.25, -0.2) is 28.0 Å². The number of amides is 4. The number of carbonyl (C=O) groups is 8. The molecule has 2 saturated carbocycles. The van der Waals surface area contributed by atoms with Crippen molar-refractivity contribution in [2.45, 2.75) is 203 Å². The van der Waals surface area contributed by atoms with E-state index in [1.165, 1.54) is 69.7 Å². The molecule has 0 bridgehead atoms. The number of esters is 4. The van der Waals surface area contributed by atoms with Gasteiger partial charge in [0, 0.05) is 80.3 Å². The highest BCUT2D eigenvalue weighted by molar-refractivity contribution is 5.94. The number of hydrogen-bond donors (Lipinski definition) is 0. The normalized spacial score (nSPS) is 27.7. The molecule has 7 rings (SSSR count). The number of alkyl halides is 2. The van der Waals surface area contributed by atoms with Crippen LogP contribution in [0.15, 0.2) is 48.5 Å². The van der Waals surface area contributed by atoms with Crippen molar-refractivity contribution in [1.82, 2.24) is 19.6 Å². The highest BCUT2D eigenvalue weighted by Gasteiger charge is 2.46. The quantitative estimate of drug-likeness (QED) is 0.136. The Morgan fingerprint density at radius 3 is 1.01 bits per heavy atom. The largest absolute Gasteiger partial charge is 0.451 e. The summed E-state index contributed by atoms with van der Waals surface area (Å²) in [5.74, 6) is -7.27. The molecule has 0 aromatic heterocycles. The highest BCUT2D eigenvalue weighted by atomic mass is 19.1. The third-order valence-electron chi connectivity index (χ3n) is 16.7. The number of benzene rings is 2. The molecule has 3 saturated heterocycles. The Bertz CT molecular complexity index is 2390. The molecule has 8 atom stereocenters. The van der Waals surface area contributed by atoms with E-state index >= 15 is 18.4 Å². The molecule has 82 heavy (non-hydrogen) atoms. The minimum Gasteiger partial charge on any atom is -0.451 e. The van der Waals surface area contributed by atoms with Crippen LogP contribution >= 0.6 is 0 Å². The van der Waals surface area contributed by atoms with Crippen LogP contribution in [0.4, 0.5) is 8.78 Å². The summed E-state index contributed by atoms with van der Waals surface area (Å²) >= 11 is 0. The lowest BCUT2D eigenvalue weighted by Crippen LogP contribution is -2.55. The van der Waals surface area contributed by atoms with E-state index in [2.05, 4.69) is 0 Å². The number of nitrogens with zero attached hydrogens (tertiary/aromatic N) is 4. The number of halogens is 2. The lowest BCUT2D eigenvalue weighted by atomic mass is 9.90. The van der Waals surface area contributed by atoms with Crippen LogP contribution in [0, 0.1) is 11.8 Å². The first kappa shape index (κ1) is 63.6. The van der Waals surface area contributed by atoms with Gasteiger partial charge < -0.3 is 48.0 Å². The Morgan fingerprint density at radius 2 is 0.720 bits per heavy atom. The maximum Gasteiger partial charge on any atom is 0.329 e. The maximum absolute atomic E-state index is 15.9. The first-order valence-corrected chi connectivity index (χ1v) is 29.3. The van der Waals surface area contributed by atoms with Gasteiger partial charge in [-0.1, -0.05) is 74.2 Å². The second kappa shape index (κ2) is 27.6. The van der Waals surface area contributed by atoms with E-state index in [4.69, 9.17) is 28.4 Å². The van der Waals surface area contributed by atoms with Gasteiger partial charge >= 0.3 is 23.9 Å². The summed E-state index contributed by atoms with van der Waals surface area (Å²) in [7, 11) is 5.17. The van der Waals surface area contributed by atoms with Crippen LogP contribution in [-0.4, -0.2) is 182 Å². The molecule has 0 radical (unpaired) electrons. The van der Waals surface area contributed by atoms with Crippen molar-refractivity contribution in [2.75, 3.05) is 54.6 Å². The third kappa shape index (κ3) is 17.5. The van der Waals surface area contributed by atoms with Crippen LogP contribution in [0.3, 0.4) is 0 Å². The summed E-state index contributed by atoms with van der Waals surface area (Å²) in [5, 5.41) is 0. The van der Waals surface area contributed by atoms with E-state index < -0.39 is 120 Å². The fourth-order valence-electron chi connectivity index (χ4n) is 11.2. The van der Waals surface area contributed by atoms with Gasteiger partial charge in [0.15, 0.2) is 24.4 Å². The summed E-state index contributed by atoms with van der Waals surface area (Å²) in [6.45, 7) is 9.90.